The molecule has 3 aromatic rings. The zero-order valence-electron chi connectivity index (χ0n) is 15.2. The molecule has 0 aliphatic rings. The maximum absolute atomic E-state index is 6.53. The van der Waals surface area contributed by atoms with Gasteiger partial charge in [0.05, 0.1) is 5.69 Å². The van der Waals surface area contributed by atoms with Crippen molar-refractivity contribution < 1.29 is 0 Å². The van der Waals surface area contributed by atoms with Crippen LogP contribution in [0.15, 0.2) is 40.9 Å². The zero-order chi connectivity index (χ0) is 18.5. The van der Waals surface area contributed by atoms with Crippen LogP contribution in [0.1, 0.15) is 43.7 Å². The van der Waals surface area contributed by atoms with E-state index in [1.807, 2.05) is 12.1 Å². The Morgan fingerprint density at radius 3 is 2.65 bits per heavy atom. The predicted octanol–water partition coefficient (Wildman–Crippen LogP) is 6.87. The fourth-order valence-electron chi connectivity index (χ4n) is 3.46. The van der Waals surface area contributed by atoms with Crippen molar-refractivity contribution in [3.05, 3.63) is 57.0 Å². The molecular formula is C22H26BrClN2. The van der Waals surface area contributed by atoms with Gasteiger partial charge in [-0.15, -0.1) is 0 Å². The third kappa shape index (κ3) is 4.33. The molecule has 3 N–H and O–H groups in total. The van der Waals surface area contributed by atoms with Crippen LogP contribution in [0.3, 0.4) is 0 Å². The van der Waals surface area contributed by atoms with E-state index in [2.05, 4.69) is 52.1 Å². The Labute approximate surface area is 169 Å². The van der Waals surface area contributed by atoms with Crippen molar-refractivity contribution in [1.82, 2.24) is 4.98 Å². The van der Waals surface area contributed by atoms with E-state index in [0.717, 1.165) is 53.0 Å². The largest absolute Gasteiger partial charge is 0.354 e. The first-order valence-electron chi connectivity index (χ1n) is 9.43. The lowest BCUT2D eigenvalue weighted by molar-refractivity contribution is 0.748. The quantitative estimate of drug-likeness (QED) is 0.374. The number of H-pyrrole nitrogens is 1. The number of halogens is 2. The van der Waals surface area contributed by atoms with Crippen LogP contribution in [0, 0.1) is 0 Å². The van der Waals surface area contributed by atoms with Gasteiger partial charge in [0.15, 0.2) is 0 Å². The average Bonchev–Trinajstić information content (AvgIpc) is 3.00. The second kappa shape index (κ2) is 9.07. The molecule has 0 bridgehead atoms. The fourth-order valence-corrected chi connectivity index (χ4v) is 4.03. The average molecular weight is 434 g/mol. The minimum Gasteiger partial charge on any atom is -0.354 e. The first-order valence-corrected chi connectivity index (χ1v) is 10.6. The monoisotopic (exact) mass is 432 g/mol. The Kier molecular flexibility index (Phi) is 6.80. The number of fused-ring (bicyclic) bond motifs is 1. The Bertz CT molecular complexity index is 885. The van der Waals surface area contributed by atoms with Crippen molar-refractivity contribution in [2.45, 2.75) is 45.4 Å². The van der Waals surface area contributed by atoms with Crippen LogP contribution in [-0.4, -0.2) is 11.5 Å². The molecule has 0 spiro atoms. The molecule has 2 nitrogen and oxygen atoms in total. The van der Waals surface area contributed by atoms with Crippen LogP contribution in [0.25, 0.3) is 22.2 Å². The van der Waals surface area contributed by atoms with E-state index in [4.69, 9.17) is 17.3 Å². The zero-order valence-corrected chi connectivity index (χ0v) is 17.6. The van der Waals surface area contributed by atoms with Crippen LogP contribution in [0.4, 0.5) is 0 Å². The highest BCUT2D eigenvalue weighted by molar-refractivity contribution is 9.10. The molecule has 2 aromatic carbocycles. The summed E-state index contributed by atoms with van der Waals surface area (Å²) in [6.45, 7) is 2.97. The van der Waals surface area contributed by atoms with Gasteiger partial charge in [0.2, 0.25) is 0 Å². The first-order chi connectivity index (χ1) is 12.6. The van der Waals surface area contributed by atoms with E-state index in [1.165, 1.54) is 34.9 Å². The Balaban J connectivity index is 2.11. The van der Waals surface area contributed by atoms with Gasteiger partial charge in [-0.3, -0.25) is 0 Å². The molecule has 138 valence electrons. The molecule has 26 heavy (non-hydrogen) atoms. The van der Waals surface area contributed by atoms with E-state index < -0.39 is 0 Å². The minimum absolute atomic E-state index is 0.733. The van der Waals surface area contributed by atoms with Crippen molar-refractivity contribution >= 4 is 38.4 Å². The molecule has 0 aliphatic carbocycles. The van der Waals surface area contributed by atoms with Crippen LogP contribution in [0.2, 0.25) is 5.02 Å². The van der Waals surface area contributed by atoms with E-state index in [9.17, 15) is 0 Å². The lowest BCUT2D eigenvalue weighted by Gasteiger charge is -2.08. The van der Waals surface area contributed by atoms with Gasteiger partial charge in [0.25, 0.3) is 0 Å². The Hall–Kier alpha value is -1.29. The molecule has 3 rings (SSSR count). The molecule has 1 heterocycles. The van der Waals surface area contributed by atoms with Gasteiger partial charge < -0.3 is 10.7 Å². The molecule has 0 radical (unpaired) electrons. The summed E-state index contributed by atoms with van der Waals surface area (Å²) >= 11 is 10.1. The molecule has 1 aromatic heterocycles. The van der Waals surface area contributed by atoms with Crippen LogP contribution < -0.4 is 5.73 Å². The molecule has 0 saturated carbocycles. The van der Waals surface area contributed by atoms with Gasteiger partial charge in [-0.05, 0) is 80.1 Å². The van der Waals surface area contributed by atoms with Gasteiger partial charge in [-0.1, -0.05) is 46.9 Å². The lowest BCUT2D eigenvalue weighted by atomic mass is 9.98. The van der Waals surface area contributed by atoms with Crippen molar-refractivity contribution in [2.24, 2.45) is 5.73 Å². The molecule has 0 unspecified atom stereocenters. The minimum atomic E-state index is 0.733. The molecule has 4 heteroatoms. The predicted molar refractivity (Wildman–Crippen MR) is 117 cm³/mol. The Morgan fingerprint density at radius 2 is 1.88 bits per heavy atom. The molecule has 0 amide bonds. The van der Waals surface area contributed by atoms with E-state index in [-0.39, 0.29) is 0 Å². The highest BCUT2D eigenvalue weighted by Gasteiger charge is 2.16. The van der Waals surface area contributed by atoms with Crippen LogP contribution in [0.5, 0.6) is 0 Å². The second-order valence-corrected chi connectivity index (χ2v) is 8.15. The summed E-state index contributed by atoms with van der Waals surface area (Å²) in [6.07, 6.45) is 6.70. The number of hydrogen-bond acceptors (Lipinski definition) is 1. The third-order valence-electron chi connectivity index (χ3n) is 4.87. The smallest absolute Gasteiger partial charge is 0.0512 e. The summed E-state index contributed by atoms with van der Waals surface area (Å²) in [5.74, 6) is 0. The normalized spacial score (nSPS) is 11.4. The van der Waals surface area contributed by atoms with Crippen molar-refractivity contribution in [3.8, 4) is 11.3 Å². The summed E-state index contributed by atoms with van der Waals surface area (Å²) in [6, 6.07) is 12.8. The highest BCUT2D eigenvalue weighted by atomic mass is 79.9. The topological polar surface area (TPSA) is 41.8 Å². The van der Waals surface area contributed by atoms with Gasteiger partial charge in [-0.25, -0.2) is 0 Å². The van der Waals surface area contributed by atoms with Gasteiger partial charge in [0, 0.05) is 26.0 Å². The van der Waals surface area contributed by atoms with Gasteiger partial charge in [-0.2, -0.15) is 0 Å². The number of aromatic nitrogens is 1. The van der Waals surface area contributed by atoms with Crippen molar-refractivity contribution in [1.29, 1.82) is 0 Å². The summed E-state index contributed by atoms with van der Waals surface area (Å²) in [5, 5.41) is 2.09. The molecule has 0 aliphatic heterocycles. The van der Waals surface area contributed by atoms with Crippen molar-refractivity contribution in [3.63, 3.8) is 0 Å². The standard InChI is InChI=1S/C22H26BrClN2/c1-2-3-6-15-8-11-21-18(13-15)17(7-4-5-12-25)22(26-21)19-14-16(23)9-10-20(19)24/h8-11,13-14,26H,2-7,12,25H2,1H3. The maximum Gasteiger partial charge on any atom is 0.0512 e. The highest BCUT2D eigenvalue weighted by Crippen LogP contribution is 2.37. The number of unbranched alkanes of at least 4 members (excludes halogenated alkanes) is 2. The number of aryl methyl sites for hydroxylation is 2. The summed E-state index contributed by atoms with van der Waals surface area (Å²) < 4.78 is 1.03. The van der Waals surface area contributed by atoms with Crippen LogP contribution >= 0.6 is 27.5 Å². The summed E-state index contributed by atoms with van der Waals surface area (Å²) in [5.41, 5.74) is 11.8. The SMILES string of the molecule is CCCCc1ccc2[nH]c(-c3cc(Br)ccc3Cl)c(CCCCN)c2c1. The number of hydrogen-bond donors (Lipinski definition) is 2. The van der Waals surface area contributed by atoms with E-state index in [1.54, 1.807) is 0 Å². The number of nitrogens with two attached hydrogens (primary N) is 1. The summed E-state index contributed by atoms with van der Waals surface area (Å²) in [7, 11) is 0. The molecule has 0 atom stereocenters. The van der Waals surface area contributed by atoms with Crippen molar-refractivity contribution in [2.75, 3.05) is 6.54 Å². The first kappa shape index (κ1) is 19.5. The van der Waals surface area contributed by atoms with Crippen LogP contribution in [-0.2, 0) is 12.8 Å². The number of aromatic amines is 1. The number of nitrogens with one attached hydrogen (secondary N) is 1. The lowest BCUT2D eigenvalue weighted by Crippen LogP contribution is -1.99. The van der Waals surface area contributed by atoms with E-state index in [0.29, 0.717) is 0 Å². The van der Waals surface area contributed by atoms with E-state index >= 15 is 0 Å². The second-order valence-electron chi connectivity index (χ2n) is 6.83. The maximum atomic E-state index is 6.53. The number of rotatable bonds is 8. The Morgan fingerprint density at radius 1 is 1.04 bits per heavy atom. The molecule has 0 saturated heterocycles. The number of benzene rings is 2. The molecular weight excluding hydrogens is 408 g/mol. The van der Waals surface area contributed by atoms with Gasteiger partial charge in [0.1, 0.15) is 0 Å². The summed E-state index contributed by atoms with van der Waals surface area (Å²) in [4.78, 5) is 3.62. The fraction of sp³-hybridized carbons (Fsp3) is 0.364. The third-order valence-corrected chi connectivity index (χ3v) is 5.69. The molecule has 0 fully saturated rings. The van der Waals surface area contributed by atoms with Gasteiger partial charge >= 0.3 is 0 Å².